The predicted octanol–water partition coefficient (Wildman–Crippen LogP) is 4.37. The van der Waals surface area contributed by atoms with E-state index in [1.54, 1.807) is 0 Å². The maximum Gasteiger partial charge on any atom is 0.240 e. The van der Waals surface area contributed by atoms with Crippen LogP contribution in [0.4, 0.5) is 5.95 Å². The molecule has 0 unspecified atom stereocenters. The van der Waals surface area contributed by atoms with Crippen molar-refractivity contribution in [2.45, 2.75) is 44.2 Å². The van der Waals surface area contributed by atoms with Crippen LogP contribution in [0.15, 0.2) is 40.6 Å². The first kappa shape index (κ1) is 18.9. The molecule has 2 aromatic rings. The minimum absolute atomic E-state index is 0.282. The average Bonchev–Trinajstić information content (AvgIpc) is 3.18. The summed E-state index contributed by atoms with van der Waals surface area (Å²) in [7, 11) is 0. The van der Waals surface area contributed by atoms with Crippen LogP contribution in [0.1, 0.15) is 44.6 Å². The molecule has 4 bridgehead atoms. The van der Waals surface area contributed by atoms with E-state index in [-0.39, 0.29) is 5.92 Å². The molecule has 6 rings (SSSR count). The lowest BCUT2D eigenvalue weighted by Crippen LogP contribution is -2.48. The zero-order valence-corrected chi connectivity index (χ0v) is 17.5. The van der Waals surface area contributed by atoms with E-state index in [4.69, 9.17) is 0 Å². The number of Topliss-reactive ketones (excluding diaryl/α,β-unsaturated/α-hetero) is 1. The highest BCUT2D eigenvalue weighted by Gasteiger charge is 2.50. The lowest BCUT2D eigenvalue weighted by molar-refractivity contribution is -0.133. The standard InChI is InChI=1S/C22H27N5OS/c1-13(16-5-3-2-4-6-16)24-25-21-23-22(27-26-21)29-12-19(28)20-17-8-14-7-15(10-17)11-18(20)9-14/h2-6,14-15,17-18,20H,7-12H2,1H3,(H2,23,25,26,27)/b24-13+. The van der Waals surface area contributed by atoms with Gasteiger partial charge >= 0.3 is 0 Å². The Morgan fingerprint density at radius 1 is 1.14 bits per heavy atom. The molecular weight excluding hydrogens is 382 g/mol. The molecule has 0 amide bonds. The Balaban J connectivity index is 1.15. The second-order valence-corrected chi connectivity index (χ2v) is 9.80. The van der Waals surface area contributed by atoms with Crippen molar-refractivity contribution in [2.75, 3.05) is 11.2 Å². The third-order valence-electron chi connectivity index (χ3n) is 6.93. The third-order valence-corrected chi connectivity index (χ3v) is 7.80. The van der Waals surface area contributed by atoms with E-state index in [1.165, 1.54) is 43.9 Å². The molecule has 0 atom stereocenters. The Morgan fingerprint density at radius 2 is 1.83 bits per heavy atom. The van der Waals surface area contributed by atoms with Crippen molar-refractivity contribution >= 4 is 29.2 Å². The molecule has 1 heterocycles. The number of nitrogens with zero attached hydrogens (tertiary/aromatic N) is 3. The van der Waals surface area contributed by atoms with E-state index in [0.717, 1.165) is 23.1 Å². The topological polar surface area (TPSA) is 83.0 Å². The summed E-state index contributed by atoms with van der Waals surface area (Å²) in [5, 5.41) is 12.0. The van der Waals surface area contributed by atoms with Gasteiger partial charge < -0.3 is 0 Å². The number of hydrogen-bond donors (Lipinski definition) is 2. The molecule has 152 valence electrons. The second-order valence-electron chi connectivity index (χ2n) is 8.85. The molecule has 4 saturated carbocycles. The largest absolute Gasteiger partial charge is 0.298 e. The lowest BCUT2D eigenvalue weighted by atomic mass is 9.51. The molecule has 6 nitrogen and oxygen atoms in total. The van der Waals surface area contributed by atoms with E-state index in [1.807, 2.05) is 37.3 Å². The minimum Gasteiger partial charge on any atom is -0.298 e. The van der Waals surface area contributed by atoms with E-state index in [2.05, 4.69) is 25.7 Å². The Kier molecular flexibility index (Phi) is 5.16. The van der Waals surface area contributed by atoms with Gasteiger partial charge in [0.1, 0.15) is 5.78 Å². The fraction of sp³-hybridized carbons (Fsp3) is 0.545. The SMILES string of the molecule is C/C(=N\Nc1nc(SCC(=O)C2C3CC4CC(C3)CC2C4)n[nH]1)c1ccccc1. The Morgan fingerprint density at radius 3 is 2.52 bits per heavy atom. The highest BCUT2D eigenvalue weighted by molar-refractivity contribution is 7.99. The van der Waals surface area contributed by atoms with Crippen LogP contribution < -0.4 is 5.43 Å². The van der Waals surface area contributed by atoms with Gasteiger partial charge in [0.25, 0.3) is 0 Å². The fourth-order valence-corrected chi connectivity index (χ4v) is 6.65. The summed E-state index contributed by atoms with van der Waals surface area (Å²) < 4.78 is 0. The maximum atomic E-state index is 13.0. The average molecular weight is 410 g/mol. The van der Waals surface area contributed by atoms with Gasteiger partial charge in [0, 0.05) is 5.92 Å². The molecule has 0 saturated heterocycles. The molecule has 29 heavy (non-hydrogen) atoms. The van der Waals surface area contributed by atoms with Crippen molar-refractivity contribution in [1.82, 2.24) is 15.2 Å². The van der Waals surface area contributed by atoms with E-state index in [0.29, 0.717) is 34.5 Å². The van der Waals surface area contributed by atoms with Gasteiger partial charge in [-0.3, -0.25) is 4.79 Å². The summed E-state index contributed by atoms with van der Waals surface area (Å²) in [6.45, 7) is 1.94. The number of thioether (sulfide) groups is 1. The van der Waals surface area contributed by atoms with Crippen molar-refractivity contribution in [1.29, 1.82) is 0 Å². The molecule has 2 N–H and O–H groups in total. The number of H-pyrrole nitrogens is 1. The number of rotatable bonds is 7. The highest BCUT2D eigenvalue weighted by Crippen LogP contribution is 2.56. The van der Waals surface area contributed by atoms with Crippen molar-refractivity contribution in [2.24, 2.45) is 34.7 Å². The molecule has 0 spiro atoms. The van der Waals surface area contributed by atoms with Crippen LogP contribution in [0.5, 0.6) is 0 Å². The first-order chi connectivity index (χ1) is 14.2. The highest BCUT2D eigenvalue weighted by atomic mass is 32.2. The molecule has 7 heteroatoms. The Labute approximate surface area is 175 Å². The van der Waals surface area contributed by atoms with Crippen molar-refractivity contribution in [3.05, 3.63) is 35.9 Å². The number of hydrazone groups is 1. The molecule has 4 fully saturated rings. The van der Waals surface area contributed by atoms with Gasteiger partial charge in [-0.05, 0) is 68.3 Å². The summed E-state index contributed by atoms with van der Waals surface area (Å²) in [6.07, 6.45) is 6.54. The van der Waals surface area contributed by atoms with E-state index >= 15 is 0 Å². The number of nitrogens with one attached hydrogen (secondary N) is 2. The van der Waals surface area contributed by atoms with Crippen LogP contribution in [-0.2, 0) is 4.79 Å². The summed E-state index contributed by atoms with van der Waals surface area (Å²) in [6, 6.07) is 9.97. The maximum absolute atomic E-state index is 13.0. The number of ketones is 1. The smallest absolute Gasteiger partial charge is 0.240 e. The Hall–Kier alpha value is -2.15. The van der Waals surface area contributed by atoms with Crippen LogP contribution in [-0.4, -0.2) is 32.4 Å². The summed E-state index contributed by atoms with van der Waals surface area (Å²) in [5.41, 5.74) is 4.84. The monoisotopic (exact) mass is 409 g/mol. The molecule has 4 aliphatic rings. The van der Waals surface area contributed by atoms with Crippen molar-refractivity contribution < 1.29 is 4.79 Å². The van der Waals surface area contributed by atoms with Gasteiger partial charge in [0.15, 0.2) is 0 Å². The number of carbonyl (C=O) groups is 1. The summed E-state index contributed by atoms with van der Waals surface area (Å²) in [4.78, 5) is 17.4. The number of benzene rings is 1. The first-order valence-electron chi connectivity index (χ1n) is 10.6. The number of hydrogen-bond acceptors (Lipinski definition) is 6. The van der Waals surface area contributed by atoms with Crippen molar-refractivity contribution in [3.8, 4) is 0 Å². The minimum atomic E-state index is 0.282. The molecule has 4 aliphatic carbocycles. The van der Waals surface area contributed by atoms with Crippen LogP contribution >= 0.6 is 11.8 Å². The van der Waals surface area contributed by atoms with E-state index in [9.17, 15) is 4.79 Å². The van der Waals surface area contributed by atoms with Gasteiger partial charge in [0.2, 0.25) is 11.1 Å². The van der Waals surface area contributed by atoms with Gasteiger partial charge in [-0.1, -0.05) is 42.1 Å². The van der Waals surface area contributed by atoms with Gasteiger partial charge in [0.05, 0.1) is 11.5 Å². The molecule has 1 aromatic carbocycles. The van der Waals surface area contributed by atoms with Crippen LogP contribution in [0.2, 0.25) is 0 Å². The fourth-order valence-electron chi connectivity index (χ4n) is 5.92. The Bertz CT molecular complexity index is 881. The summed E-state index contributed by atoms with van der Waals surface area (Å²) >= 11 is 1.43. The second kappa shape index (κ2) is 7.94. The predicted molar refractivity (Wildman–Crippen MR) is 115 cm³/mol. The zero-order valence-electron chi connectivity index (χ0n) is 16.7. The first-order valence-corrected chi connectivity index (χ1v) is 11.6. The number of aromatic nitrogens is 3. The van der Waals surface area contributed by atoms with Crippen LogP contribution in [0.3, 0.4) is 0 Å². The van der Waals surface area contributed by atoms with Crippen molar-refractivity contribution in [3.63, 3.8) is 0 Å². The summed E-state index contributed by atoms with van der Waals surface area (Å²) in [5.74, 6) is 4.72. The normalized spacial score (nSPS) is 30.5. The van der Waals surface area contributed by atoms with Crippen LogP contribution in [0.25, 0.3) is 0 Å². The van der Waals surface area contributed by atoms with Gasteiger partial charge in [-0.2, -0.15) is 10.1 Å². The number of anilines is 1. The van der Waals surface area contributed by atoms with E-state index < -0.39 is 0 Å². The molecular formula is C22H27N5OS. The zero-order chi connectivity index (χ0) is 19.8. The molecule has 0 aliphatic heterocycles. The lowest BCUT2D eigenvalue weighted by Gasteiger charge is -2.53. The van der Waals surface area contributed by atoms with Crippen LogP contribution in [0, 0.1) is 29.6 Å². The van der Waals surface area contributed by atoms with Gasteiger partial charge in [-0.15, -0.1) is 5.10 Å². The number of carbonyl (C=O) groups excluding carboxylic acids is 1. The molecule has 0 radical (unpaired) electrons. The third kappa shape index (κ3) is 3.97. The molecule has 1 aromatic heterocycles. The quantitative estimate of drug-likeness (QED) is 0.403. The van der Waals surface area contributed by atoms with Gasteiger partial charge in [-0.25, -0.2) is 10.5 Å². The number of aromatic amines is 1.